The van der Waals surface area contributed by atoms with E-state index >= 15 is 0 Å². The van der Waals surface area contributed by atoms with Gasteiger partial charge in [0.1, 0.15) is 5.82 Å². The van der Waals surface area contributed by atoms with Gasteiger partial charge in [0.05, 0.1) is 18.0 Å². The molecule has 0 radical (unpaired) electrons. The Labute approximate surface area is 73.3 Å². The zero-order valence-electron chi connectivity index (χ0n) is 6.44. The van der Waals surface area contributed by atoms with E-state index in [1.165, 1.54) is 6.07 Å². The molecule has 13 heavy (non-hydrogen) atoms. The Bertz CT molecular complexity index is 355. The number of carboxylic acid groups (broad SMARTS) is 1. The molecule has 1 unspecified atom stereocenters. The molecule has 1 rings (SSSR count). The number of hydrogen-bond donors (Lipinski definition) is 1. The van der Waals surface area contributed by atoms with Crippen LogP contribution in [0.25, 0.3) is 0 Å². The van der Waals surface area contributed by atoms with E-state index in [-0.39, 0.29) is 5.69 Å². The lowest BCUT2D eigenvalue weighted by Gasteiger charge is -2.01. The van der Waals surface area contributed by atoms with Crippen LogP contribution in [-0.2, 0) is 4.79 Å². The SMILES string of the molecule is N#CC(C(=O)O)c1ccc(F)cn1. The van der Waals surface area contributed by atoms with Crippen LogP contribution in [0.1, 0.15) is 11.6 Å². The Morgan fingerprint density at radius 1 is 1.69 bits per heavy atom. The highest BCUT2D eigenvalue weighted by atomic mass is 19.1. The molecule has 1 aromatic rings. The first-order valence-corrected chi connectivity index (χ1v) is 3.39. The standard InChI is InChI=1S/C8H5FN2O2/c9-5-1-2-7(11-4-5)6(3-10)8(12)13/h1-2,4,6H,(H,12,13). The first-order valence-electron chi connectivity index (χ1n) is 3.39. The van der Waals surface area contributed by atoms with Crippen LogP contribution in [0, 0.1) is 17.1 Å². The average molecular weight is 180 g/mol. The summed E-state index contributed by atoms with van der Waals surface area (Å²) in [4.78, 5) is 14.0. The monoisotopic (exact) mass is 180 g/mol. The third-order valence-corrected chi connectivity index (χ3v) is 1.42. The van der Waals surface area contributed by atoms with Crippen LogP contribution in [-0.4, -0.2) is 16.1 Å². The fourth-order valence-corrected chi connectivity index (χ4v) is 0.806. The summed E-state index contributed by atoms with van der Waals surface area (Å²) in [6.07, 6.45) is 0.878. The molecule has 0 saturated heterocycles. The van der Waals surface area contributed by atoms with E-state index in [1.807, 2.05) is 0 Å². The van der Waals surface area contributed by atoms with Gasteiger partial charge in [0.2, 0.25) is 0 Å². The second-order valence-corrected chi connectivity index (χ2v) is 2.30. The Morgan fingerprint density at radius 3 is 2.77 bits per heavy atom. The van der Waals surface area contributed by atoms with Crippen molar-refractivity contribution >= 4 is 5.97 Å². The van der Waals surface area contributed by atoms with Crippen molar-refractivity contribution in [2.24, 2.45) is 0 Å². The molecule has 0 amide bonds. The van der Waals surface area contributed by atoms with Gasteiger partial charge in [0.15, 0.2) is 5.92 Å². The highest BCUT2D eigenvalue weighted by Gasteiger charge is 2.20. The third-order valence-electron chi connectivity index (χ3n) is 1.42. The first kappa shape index (κ1) is 9.13. The zero-order valence-corrected chi connectivity index (χ0v) is 6.44. The van der Waals surface area contributed by atoms with Crippen LogP contribution < -0.4 is 0 Å². The number of halogens is 1. The predicted octanol–water partition coefficient (Wildman–Crippen LogP) is 0.912. The van der Waals surface area contributed by atoms with Crippen LogP contribution in [0.5, 0.6) is 0 Å². The van der Waals surface area contributed by atoms with E-state index in [0.29, 0.717) is 0 Å². The minimum atomic E-state index is -1.33. The second kappa shape index (κ2) is 3.63. The molecule has 1 heterocycles. The molecule has 66 valence electrons. The van der Waals surface area contributed by atoms with Gasteiger partial charge in [-0.3, -0.25) is 9.78 Å². The maximum absolute atomic E-state index is 12.4. The van der Waals surface area contributed by atoms with E-state index in [0.717, 1.165) is 12.3 Å². The van der Waals surface area contributed by atoms with E-state index in [4.69, 9.17) is 10.4 Å². The summed E-state index contributed by atoms with van der Waals surface area (Å²) in [6.45, 7) is 0. The summed E-state index contributed by atoms with van der Waals surface area (Å²) in [5, 5.41) is 17.0. The van der Waals surface area contributed by atoms with E-state index in [1.54, 1.807) is 6.07 Å². The number of hydrogen-bond acceptors (Lipinski definition) is 3. The molecule has 0 bridgehead atoms. The summed E-state index contributed by atoms with van der Waals surface area (Å²) in [5.74, 6) is -3.19. The molecule has 4 nitrogen and oxygen atoms in total. The number of aromatic nitrogens is 1. The van der Waals surface area contributed by atoms with E-state index in [2.05, 4.69) is 4.98 Å². The van der Waals surface area contributed by atoms with Crippen molar-refractivity contribution in [3.05, 3.63) is 29.8 Å². The van der Waals surface area contributed by atoms with Crippen molar-refractivity contribution < 1.29 is 14.3 Å². The number of aliphatic carboxylic acids is 1. The normalized spacial score (nSPS) is 11.7. The van der Waals surface area contributed by atoms with Crippen LogP contribution >= 0.6 is 0 Å². The highest BCUT2D eigenvalue weighted by Crippen LogP contribution is 2.12. The number of nitrogens with zero attached hydrogens (tertiary/aromatic N) is 2. The number of rotatable bonds is 2. The van der Waals surface area contributed by atoms with Crippen molar-refractivity contribution in [2.45, 2.75) is 5.92 Å². The van der Waals surface area contributed by atoms with Crippen molar-refractivity contribution in [3.8, 4) is 6.07 Å². The van der Waals surface area contributed by atoms with Gasteiger partial charge in [0.25, 0.3) is 0 Å². The molecule has 0 fully saturated rings. The van der Waals surface area contributed by atoms with Gasteiger partial charge in [-0.05, 0) is 12.1 Å². The topological polar surface area (TPSA) is 74.0 Å². The molecule has 1 aromatic heterocycles. The number of carbonyl (C=O) groups is 1. The lowest BCUT2D eigenvalue weighted by Crippen LogP contribution is -2.10. The number of pyridine rings is 1. The molecule has 0 spiro atoms. The van der Waals surface area contributed by atoms with Crippen molar-refractivity contribution in [1.29, 1.82) is 5.26 Å². The largest absolute Gasteiger partial charge is 0.480 e. The first-order chi connectivity index (χ1) is 6.15. The van der Waals surface area contributed by atoms with Crippen molar-refractivity contribution in [1.82, 2.24) is 4.98 Å². The smallest absolute Gasteiger partial charge is 0.327 e. The van der Waals surface area contributed by atoms with Crippen molar-refractivity contribution in [2.75, 3.05) is 0 Å². The maximum atomic E-state index is 12.4. The fraction of sp³-hybridized carbons (Fsp3) is 0.125. The van der Waals surface area contributed by atoms with Gasteiger partial charge in [-0.2, -0.15) is 5.26 Å². The minimum absolute atomic E-state index is 0.0383. The Morgan fingerprint density at radius 2 is 2.38 bits per heavy atom. The zero-order chi connectivity index (χ0) is 9.84. The Balaban J connectivity index is 3.01. The van der Waals surface area contributed by atoms with Crippen LogP contribution in [0.2, 0.25) is 0 Å². The molecular weight excluding hydrogens is 175 g/mol. The highest BCUT2D eigenvalue weighted by molar-refractivity contribution is 5.78. The lowest BCUT2D eigenvalue weighted by molar-refractivity contribution is -0.137. The van der Waals surface area contributed by atoms with Gasteiger partial charge in [-0.15, -0.1) is 0 Å². The quantitative estimate of drug-likeness (QED) is 0.734. The molecule has 0 saturated carbocycles. The molecular formula is C8H5FN2O2. The van der Waals surface area contributed by atoms with Gasteiger partial charge in [-0.25, -0.2) is 4.39 Å². The van der Waals surface area contributed by atoms with Crippen LogP contribution in [0.3, 0.4) is 0 Å². The minimum Gasteiger partial charge on any atom is -0.480 e. The molecule has 5 heteroatoms. The summed E-state index contributed by atoms with van der Waals surface area (Å²) in [6, 6.07) is 3.80. The third kappa shape index (κ3) is 1.99. The molecule has 0 aliphatic carbocycles. The van der Waals surface area contributed by atoms with Gasteiger partial charge >= 0.3 is 5.97 Å². The lowest BCUT2D eigenvalue weighted by atomic mass is 10.1. The molecule has 0 aliphatic rings. The summed E-state index contributed by atoms with van der Waals surface area (Å²) in [5.41, 5.74) is 0.0383. The van der Waals surface area contributed by atoms with Gasteiger partial charge < -0.3 is 5.11 Å². The molecule has 0 aliphatic heterocycles. The fourth-order valence-electron chi connectivity index (χ4n) is 0.806. The van der Waals surface area contributed by atoms with Crippen LogP contribution in [0.15, 0.2) is 18.3 Å². The van der Waals surface area contributed by atoms with E-state index < -0.39 is 17.7 Å². The van der Waals surface area contributed by atoms with Gasteiger partial charge in [-0.1, -0.05) is 0 Å². The van der Waals surface area contributed by atoms with E-state index in [9.17, 15) is 9.18 Å². The summed E-state index contributed by atoms with van der Waals surface area (Å²) < 4.78 is 12.4. The summed E-state index contributed by atoms with van der Waals surface area (Å²) >= 11 is 0. The maximum Gasteiger partial charge on any atom is 0.327 e. The van der Waals surface area contributed by atoms with Gasteiger partial charge in [0, 0.05) is 0 Å². The molecule has 1 N–H and O–H groups in total. The van der Waals surface area contributed by atoms with Crippen LogP contribution in [0.4, 0.5) is 4.39 Å². The average Bonchev–Trinajstić information content (AvgIpc) is 2.09. The summed E-state index contributed by atoms with van der Waals surface area (Å²) in [7, 11) is 0. The Hall–Kier alpha value is -1.96. The molecule has 1 atom stereocenters. The molecule has 0 aromatic carbocycles. The Kier molecular flexibility index (Phi) is 2.55. The predicted molar refractivity (Wildman–Crippen MR) is 40.2 cm³/mol. The number of carboxylic acids is 1. The number of nitriles is 1. The second-order valence-electron chi connectivity index (χ2n) is 2.30. The van der Waals surface area contributed by atoms with Crippen molar-refractivity contribution in [3.63, 3.8) is 0 Å².